The zero-order valence-corrected chi connectivity index (χ0v) is 15.5. The average Bonchev–Trinajstić information content (AvgIpc) is 3.14. The number of rotatable bonds is 6. The summed E-state index contributed by atoms with van der Waals surface area (Å²) in [5.74, 6) is 0.626. The summed E-state index contributed by atoms with van der Waals surface area (Å²) in [7, 11) is 0. The Kier molecular flexibility index (Phi) is 5.34. The van der Waals surface area contributed by atoms with Gasteiger partial charge in [-0.25, -0.2) is 0 Å². The number of benzene rings is 1. The number of hydrogen-bond donors (Lipinski definition) is 1. The second-order valence-electron chi connectivity index (χ2n) is 5.92. The highest BCUT2D eigenvalue weighted by atomic mass is 32.1. The summed E-state index contributed by atoms with van der Waals surface area (Å²) in [5.41, 5.74) is 3.09. The van der Waals surface area contributed by atoms with E-state index in [-0.39, 0.29) is 5.91 Å². The summed E-state index contributed by atoms with van der Waals surface area (Å²) in [5, 5.41) is 5.90. The molecule has 0 aliphatic heterocycles. The lowest BCUT2D eigenvalue weighted by atomic mass is 10.1. The summed E-state index contributed by atoms with van der Waals surface area (Å²) in [6, 6.07) is 10.2. The van der Waals surface area contributed by atoms with Gasteiger partial charge in [-0.15, -0.1) is 11.3 Å². The van der Waals surface area contributed by atoms with E-state index in [1.54, 1.807) is 11.3 Å². The van der Waals surface area contributed by atoms with Crippen molar-refractivity contribution >= 4 is 28.1 Å². The van der Waals surface area contributed by atoms with Crippen molar-refractivity contribution in [2.45, 2.75) is 33.3 Å². The van der Waals surface area contributed by atoms with Gasteiger partial charge < -0.3 is 10.1 Å². The summed E-state index contributed by atoms with van der Waals surface area (Å²) < 4.78 is 5.96. The van der Waals surface area contributed by atoms with Gasteiger partial charge >= 0.3 is 0 Å². The number of ether oxygens (including phenoxy) is 1. The Labute approximate surface area is 151 Å². The van der Waals surface area contributed by atoms with Crippen LogP contribution in [0.15, 0.2) is 41.9 Å². The number of carbonyl (C=O) groups is 1. The van der Waals surface area contributed by atoms with Gasteiger partial charge in [0.1, 0.15) is 5.75 Å². The van der Waals surface area contributed by atoms with Crippen molar-refractivity contribution in [2.75, 3.05) is 6.54 Å². The third-order valence-corrected chi connectivity index (χ3v) is 4.96. The van der Waals surface area contributed by atoms with Crippen molar-refractivity contribution in [1.29, 1.82) is 0 Å². The second-order valence-corrected chi connectivity index (χ2v) is 6.87. The Bertz CT molecular complexity index is 875. The topological polar surface area (TPSA) is 51.2 Å². The standard InChI is InChI=1S/C20H22N2O2S/c1-4-17(20(23)21-5-2)24-16-9-13(3)19-14(11-16)10-15(12-22-19)18-7-6-8-25-18/h6-12,17H,4-5H2,1-3H3,(H,21,23). The predicted molar refractivity (Wildman–Crippen MR) is 103 cm³/mol. The largest absolute Gasteiger partial charge is 0.481 e. The highest BCUT2D eigenvalue weighted by Crippen LogP contribution is 2.30. The molecule has 2 heterocycles. The monoisotopic (exact) mass is 354 g/mol. The molecular weight excluding hydrogens is 332 g/mol. The number of hydrogen-bond acceptors (Lipinski definition) is 4. The van der Waals surface area contributed by atoms with E-state index in [9.17, 15) is 4.79 Å². The zero-order chi connectivity index (χ0) is 17.8. The number of nitrogens with one attached hydrogen (secondary N) is 1. The highest BCUT2D eigenvalue weighted by molar-refractivity contribution is 7.13. The van der Waals surface area contributed by atoms with Crippen LogP contribution in [0.25, 0.3) is 21.3 Å². The van der Waals surface area contributed by atoms with Crippen molar-refractivity contribution < 1.29 is 9.53 Å². The Hall–Kier alpha value is -2.40. The first-order chi connectivity index (χ1) is 12.1. The fourth-order valence-electron chi connectivity index (χ4n) is 2.82. The van der Waals surface area contributed by atoms with Gasteiger partial charge in [0.2, 0.25) is 0 Å². The third kappa shape index (κ3) is 3.82. The van der Waals surface area contributed by atoms with Crippen molar-refractivity contribution in [1.82, 2.24) is 10.3 Å². The Morgan fingerprint density at radius 2 is 2.16 bits per heavy atom. The van der Waals surface area contributed by atoms with E-state index >= 15 is 0 Å². The number of aryl methyl sites for hydroxylation is 1. The third-order valence-electron chi connectivity index (χ3n) is 4.05. The molecular formula is C20H22N2O2S. The van der Waals surface area contributed by atoms with Crippen molar-refractivity contribution in [2.24, 2.45) is 0 Å². The van der Waals surface area contributed by atoms with E-state index in [2.05, 4.69) is 27.8 Å². The lowest BCUT2D eigenvalue weighted by Crippen LogP contribution is -2.37. The molecule has 0 fully saturated rings. The first-order valence-electron chi connectivity index (χ1n) is 8.51. The molecule has 1 amide bonds. The van der Waals surface area contributed by atoms with Crippen molar-refractivity contribution in [3.63, 3.8) is 0 Å². The van der Waals surface area contributed by atoms with Gasteiger partial charge in [-0.2, -0.15) is 0 Å². The molecule has 25 heavy (non-hydrogen) atoms. The summed E-state index contributed by atoms with van der Waals surface area (Å²) in [6.07, 6.45) is 2.05. The lowest BCUT2D eigenvalue weighted by molar-refractivity contribution is -0.128. The molecule has 3 aromatic rings. The second kappa shape index (κ2) is 7.66. The highest BCUT2D eigenvalue weighted by Gasteiger charge is 2.18. The zero-order valence-electron chi connectivity index (χ0n) is 14.7. The SMILES string of the molecule is CCNC(=O)C(CC)Oc1cc(C)c2ncc(-c3cccs3)cc2c1. The summed E-state index contributed by atoms with van der Waals surface area (Å²) >= 11 is 1.69. The van der Waals surface area contributed by atoms with E-state index in [1.165, 1.54) is 4.88 Å². The van der Waals surface area contributed by atoms with Crippen LogP contribution in [-0.2, 0) is 4.79 Å². The molecule has 2 aromatic heterocycles. The van der Waals surface area contributed by atoms with Crippen LogP contribution in [0, 0.1) is 6.92 Å². The van der Waals surface area contributed by atoms with Crippen LogP contribution < -0.4 is 10.1 Å². The Morgan fingerprint density at radius 3 is 2.84 bits per heavy atom. The molecule has 1 atom stereocenters. The van der Waals surface area contributed by atoms with Gasteiger partial charge in [0.15, 0.2) is 6.10 Å². The molecule has 4 nitrogen and oxygen atoms in total. The van der Waals surface area contributed by atoms with Crippen LogP contribution in [0.2, 0.25) is 0 Å². The minimum Gasteiger partial charge on any atom is -0.481 e. The number of amides is 1. The smallest absolute Gasteiger partial charge is 0.261 e. The molecule has 0 aliphatic carbocycles. The van der Waals surface area contributed by atoms with Crippen LogP contribution in [0.1, 0.15) is 25.8 Å². The molecule has 3 rings (SSSR count). The van der Waals surface area contributed by atoms with E-state index < -0.39 is 6.10 Å². The van der Waals surface area contributed by atoms with Crippen LogP contribution in [0.3, 0.4) is 0 Å². The first kappa shape index (κ1) is 17.4. The van der Waals surface area contributed by atoms with Crippen molar-refractivity contribution in [3.05, 3.63) is 47.5 Å². The number of likely N-dealkylation sites (N-methyl/N-ethyl adjacent to an activating group) is 1. The Balaban J connectivity index is 1.95. The van der Waals surface area contributed by atoms with E-state index in [0.29, 0.717) is 18.7 Å². The maximum atomic E-state index is 12.1. The van der Waals surface area contributed by atoms with Gasteiger partial charge in [-0.05, 0) is 55.5 Å². The molecule has 130 valence electrons. The Morgan fingerprint density at radius 1 is 1.32 bits per heavy atom. The summed E-state index contributed by atoms with van der Waals surface area (Å²) in [4.78, 5) is 17.9. The molecule has 0 saturated carbocycles. The predicted octanol–water partition coefficient (Wildman–Crippen LogP) is 4.57. The van der Waals surface area contributed by atoms with Crippen LogP contribution in [-0.4, -0.2) is 23.5 Å². The fourth-order valence-corrected chi connectivity index (χ4v) is 3.53. The van der Waals surface area contributed by atoms with E-state index in [1.807, 2.05) is 45.2 Å². The first-order valence-corrected chi connectivity index (χ1v) is 9.39. The fraction of sp³-hybridized carbons (Fsp3) is 0.300. The normalized spacial score (nSPS) is 12.1. The minimum absolute atomic E-state index is 0.0757. The molecule has 1 unspecified atom stereocenters. The maximum Gasteiger partial charge on any atom is 0.261 e. The molecule has 0 saturated heterocycles. The van der Waals surface area contributed by atoms with Gasteiger partial charge in [-0.1, -0.05) is 13.0 Å². The molecule has 1 N–H and O–H groups in total. The number of nitrogens with zero attached hydrogens (tertiary/aromatic N) is 1. The number of aromatic nitrogens is 1. The number of pyridine rings is 1. The van der Waals surface area contributed by atoms with Crippen LogP contribution >= 0.6 is 11.3 Å². The van der Waals surface area contributed by atoms with Gasteiger partial charge in [0, 0.05) is 28.6 Å². The van der Waals surface area contributed by atoms with Gasteiger partial charge in [-0.3, -0.25) is 9.78 Å². The van der Waals surface area contributed by atoms with E-state index in [4.69, 9.17) is 4.74 Å². The van der Waals surface area contributed by atoms with E-state index in [0.717, 1.165) is 22.0 Å². The van der Waals surface area contributed by atoms with Crippen LogP contribution in [0.5, 0.6) is 5.75 Å². The molecule has 0 aliphatic rings. The maximum absolute atomic E-state index is 12.1. The molecule has 1 aromatic carbocycles. The molecule has 5 heteroatoms. The number of fused-ring (bicyclic) bond motifs is 1. The molecule has 0 radical (unpaired) electrons. The lowest BCUT2D eigenvalue weighted by Gasteiger charge is -2.17. The van der Waals surface area contributed by atoms with Gasteiger partial charge in [0.05, 0.1) is 5.52 Å². The molecule has 0 spiro atoms. The number of carbonyl (C=O) groups excluding carboxylic acids is 1. The number of thiophene rings is 1. The van der Waals surface area contributed by atoms with Gasteiger partial charge in [0.25, 0.3) is 5.91 Å². The average molecular weight is 354 g/mol. The minimum atomic E-state index is -0.481. The van der Waals surface area contributed by atoms with Crippen molar-refractivity contribution in [3.8, 4) is 16.2 Å². The molecule has 0 bridgehead atoms. The summed E-state index contributed by atoms with van der Waals surface area (Å²) in [6.45, 7) is 6.47. The quantitative estimate of drug-likeness (QED) is 0.706. The van der Waals surface area contributed by atoms with Crippen LogP contribution in [0.4, 0.5) is 0 Å².